The normalized spacial score (nSPS) is 27.1. The van der Waals surface area contributed by atoms with E-state index in [2.05, 4.69) is 10.2 Å². The maximum Gasteiger partial charge on any atom is 0.326 e. The molecule has 2 N–H and O–H groups in total. The molecule has 1 saturated heterocycles. The van der Waals surface area contributed by atoms with Gasteiger partial charge < -0.3 is 10.0 Å². The van der Waals surface area contributed by atoms with Crippen LogP contribution in [-0.2, 0) is 4.79 Å². The lowest BCUT2D eigenvalue weighted by molar-refractivity contribution is -0.141. The number of carboxylic acid groups (broad SMARTS) is 1. The van der Waals surface area contributed by atoms with E-state index in [0.29, 0.717) is 23.4 Å². The highest BCUT2D eigenvalue weighted by Gasteiger charge is 2.47. The van der Waals surface area contributed by atoms with Gasteiger partial charge in [-0.2, -0.15) is 5.10 Å². The minimum Gasteiger partial charge on any atom is -0.480 e. The molecule has 1 aliphatic heterocycles. The van der Waals surface area contributed by atoms with E-state index in [1.165, 1.54) is 0 Å². The van der Waals surface area contributed by atoms with Crippen molar-refractivity contribution in [3.05, 3.63) is 30.0 Å². The van der Waals surface area contributed by atoms with E-state index in [4.69, 9.17) is 0 Å². The molecular weight excluding hydrogens is 294 g/mol. The summed E-state index contributed by atoms with van der Waals surface area (Å²) in [7, 11) is 0. The number of carbonyl (C=O) groups excluding carboxylic acids is 1. The largest absolute Gasteiger partial charge is 0.480 e. The lowest BCUT2D eigenvalue weighted by Gasteiger charge is -2.33. The molecule has 23 heavy (non-hydrogen) atoms. The molecule has 2 fully saturated rings. The van der Waals surface area contributed by atoms with Gasteiger partial charge in [-0.3, -0.25) is 9.89 Å². The van der Waals surface area contributed by atoms with Crippen LogP contribution in [0.4, 0.5) is 0 Å². The third-order valence-corrected chi connectivity index (χ3v) is 5.31. The van der Waals surface area contributed by atoms with Crippen LogP contribution in [0.15, 0.2) is 24.4 Å². The number of fused-ring (bicyclic) bond motifs is 2. The van der Waals surface area contributed by atoms with Gasteiger partial charge in [-0.25, -0.2) is 4.79 Å². The number of nitrogens with zero attached hydrogens (tertiary/aromatic N) is 2. The average Bonchev–Trinajstić information content (AvgIpc) is 3.18. The van der Waals surface area contributed by atoms with Gasteiger partial charge >= 0.3 is 5.97 Å². The lowest BCUT2D eigenvalue weighted by atomic mass is 9.84. The second kappa shape index (κ2) is 5.37. The molecule has 2 aliphatic rings. The quantitative estimate of drug-likeness (QED) is 0.891. The zero-order valence-electron chi connectivity index (χ0n) is 12.7. The highest BCUT2D eigenvalue weighted by atomic mass is 16.4. The number of amides is 1. The molecule has 4 rings (SSSR count). The zero-order chi connectivity index (χ0) is 16.0. The number of aromatic amines is 1. The van der Waals surface area contributed by atoms with Crippen LogP contribution >= 0.6 is 0 Å². The van der Waals surface area contributed by atoms with Crippen molar-refractivity contribution >= 4 is 22.8 Å². The molecule has 0 spiro atoms. The van der Waals surface area contributed by atoms with Crippen LogP contribution in [-0.4, -0.2) is 44.2 Å². The van der Waals surface area contributed by atoms with Crippen LogP contribution in [0.25, 0.3) is 10.9 Å². The molecule has 1 aliphatic carbocycles. The smallest absolute Gasteiger partial charge is 0.326 e. The lowest BCUT2D eigenvalue weighted by Crippen LogP contribution is -2.46. The van der Waals surface area contributed by atoms with Gasteiger partial charge in [0.1, 0.15) is 6.04 Å². The Bertz CT molecular complexity index is 769. The molecule has 1 aromatic heterocycles. The number of rotatable bonds is 2. The number of carboxylic acids is 1. The summed E-state index contributed by atoms with van der Waals surface area (Å²) in [6.07, 6.45) is 6.36. The van der Waals surface area contributed by atoms with E-state index in [1.807, 2.05) is 12.1 Å². The predicted octanol–water partition coefficient (Wildman–Crippen LogP) is 2.42. The van der Waals surface area contributed by atoms with Gasteiger partial charge in [0.2, 0.25) is 0 Å². The van der Waals surface area contributed by atoms with Crippen molar-refractivity contribution in [3.8, 4) is 0 Å². The number of nitrogens with one attached hydrogen (secondary N) is 1. The monoisotopic (exact) mass is 313 g/mol. The van der Waals surface area contributed by atoms with E-state index in [0.717, 1.165) is 31.1 Å². The van der Waals surface area contributed by atoms with E-state index < -0.39 is 12.0 Å². The molecule has 6 heteroatoms. The number of H-pyrrole nitrogens is 1. The predicted molar refractivity (Wildman–Crippen MR) is 84.1 cm³/mol. The van der Waals surface area contributed by atoms with Crippen LogP contribution in [0.3, 0.4) is 0 Å². The second-order valence-corrected chi connectivity index (χ2v) is 6.55. The number of para-hydroxylation sites is 1. The van der Waals surface area contributed by atoms with Crippen molar-refractivity contribution in [1.82, 2.24) is 15.1 Å². The molecule has 2 aromatic rings. The van der Waals surface area contributed by atoms with E-state index >= 15 is 0 Å². The molecular formula is C17H19N3O3. The molecule has 0 radical (unpaired) electrons. The Kier molecular flexibility index (Phi) is 3.32. The van der Waals surface area contributed by atoms with Gasteiger partial charge in [-0.15, -0.1) is 0 Å². The molecule has 120 valence electrons. The van der Waals surface area contributed by atoms with Crippen molar-refractivity contribution in [2.45, 2.75) is 44.2 Å². The Morgan fingerprint density at radius 3 is 2.91 bits per heavy atom. The molecule has 3 atom stereocenters. The van der Waals surface area contributed by atoms with E-state index in [-0.39, 0.29) is 11.9 Å². The van der Waals surface area contributed by atoms with Gasteiger partial charge in [0.15, 0.2) is 0 Å². The highest BCUT2D eigenvalue weighted by molar-refractivity contribution is 6.06. The summed E-state index contributed by atoms with van der Waals surface area (Å²) in [6, 6.07) is 4.79. The summed E-state index contributed by atoms with van der Waals surface area (Å²) < 4.78 is 0. The van der Waals surface area contributed by atoms with Gasteiger partial charge in [0.05, 0.1) is 17.3 Å². The van der Waals surface area contributed by atoms with Crippen LogP contribution in [0.5, 0.6) is 0 Å². The molecule has 0 unspecified atom stereocenters. The van der Waals surface area contributed by atoms with Crippen LogP contribution in [0, 0.1) is 5.92 Å². The summed E-state index contributed by atoms with van der Waals surface area (Å²) in [5.41, 5.74) is 1.19. The molecule has 1 aromatic carbocycles. The number of hydrogen-bond acceptors (Lipinski definition) is 3. The van der Waals surface area contributed by atoms with Crippen molar-refractivity contribution in [2.75, 3.05) is 0 Å². The first-order valence-electron chi connectivity index (χ1n) is 8.14. The second-order valence-electron chi connectivity index (χ2n) is 6.55. The Morgan fingerprint density at radius 1 is 1.26 bits per heavy atom. The molecule has 6 nitrogen and oxygen atoms in total. The Morgan fingerprint density at radius 2 is 2.09 bits per heavy atom. The summed E-state index contributed by atoms with van der Waals surface area (Å²) in [5.74, 6) is -0.777. The van der Waals surface area contributed by atoms with Crippen molar-refractivity contribution in [1.29, 1.82) is 0 Å². The van der Waals surface area contributed by atoms with Crippen LogP contribution in [0.2, 0.25) is 0 Å². The topological polar surface area (TPSA) is 86.3 Å². The van der Waals surface area contributed by atoms with Gasteiger partial charge in [0, 0.05) is 11.4 Å². The van der Waals surface area contributed by atoms with Crippen LogP contribution < -0.4 is 0 Å². The SMILES string of the molecule is O=C(O)[C@@H]1C[C@H]2CCCC[C@@H]2N1C(=O)c1cccc2cn[nH]c12. The minimum atomic E-state index is -0.899. The maximum absolute atomic E-state index is 13.1. The Labute approximate surface area is 133 Å². The summed E-state index contributed by atoms with van der Waals surface area (Å²) >= 11 is 0. The number of aliphatic carboxylic acids is 1. The fourth-order valence-electron chi connectivity index (χ4n) is 4.26. The Balaban J connectivity index is 1.75. The summed E-state index contributed by atoms with van der Waals surface area (Å²) in [5, 5.41) is 17.3. The van der Waals surface area contributed by atoms with Crippen molar-refractivity contribution in [2.24, 2.45) is 5.92 Å². The molecule has 1 saturated carbocycles. The molecule has 0 bridgehead atoms. The fourth-order valence-corrected chi connectivity index (χ4v) is 4.26. The van der Waals surface area contributed by atoms with Gasteiger partial charge in [-0.1, -0.05) is 25.0 Å². The van der Waals surface area contributed by atoms with Crippen LogP contribution in [0.1, 0.15) is 42.5 Å². The molecule has 1 amide bonds. The van der Waals surface area contributed by atoms with Crippen molar-refractivity contribution < 1.29 is 14.7 Å². The van der Waals surface area contributed by atoms with Gasteiger partial charge in [-0.05, 0) is 31.2 Å². The van der Waals surface area contributed by atoms with Gasteiger partial charge in [0.25, 0.3) is 5.91 Å². The number of aromatic nitrogens is 2. The number of hydrogen-bond donors (Lipinski definition) is 2. The van der Waals surface area contributed by atoms with E-state index in [9.17, 15) is 14.7 Å². The third kappa shape index (κ3) is 2.20. The maximum atomic E-state index is 13.1. The summed E-state index contributed by atoms with van der Waals surface area (Å²) in [4.78, 5) is 26.5. The third-order valence-electron chi connectivity index (χ3n) is 5.31. The number of carbonyl (C=O) groups is 2. The first-order chi connectivity index (χ1) is 11.2. The Hall–Kier alpha value is -2.37. The number of likely N-dealkylation sites (tertiary alicyclic amines) is 1. The zero-order valence-corrected chi connectivity index (χ0v) is 12.7. The average molecular weight is 313 g/mol. The van der Waals surface area contributed by atoms with Crippen molar-refractivity contribution in [3.63, 3.8) is 0 Å². The highest BCUT2D eigenvalue weighted by Crippen LogP contribution is 2.40. The first kappa shape index (κ1) is 14.2. The summed E-state index contributed by atoms with van der Waals surface area (Å²) in [6.45, 7) is 0. The number of benzene rings is 1. The minimum absolute atomic E-state index is 0.0514. The van der Waals surface area contributed by atoms with E-state index in [1.54, 1.807) is 17.2 Å². The molecule has 2 heterocycles. The first-order valence-corrected chi connectivity index (χ1v) is 8.14. The fraction of sp³-hybridized carbons (Fsp3) is 0.471. The standard InChI is InChI=1S/C17H19N3O3/c21-16(12-6-3-5-11-9-18-19-15(11)12)20-13-7-2-1-4-10(13)8-14(20)17(22)23/h3,5-6,9-10,13-14H,1-2,4,7-8H2,(H,18,19)(H,22,23)/t10-,13+,14+/m1/s1.